The number of carboxylic acids is 1. The monoisotopic (exact) mass is 225 g/mol. The predicted octanol–water partition coefficient (Wildman–Crippen LogP) is 0.659. The minimum atomic E-state index is -0.995. The molecule has 0 amide bonds. The van der Waals surface area contributed by atoms with Gasteiger partial charge < -0.3 is 10.8 Å². The number of hydrogen-bond donors (Lipinski definition) is 2. The van der Waals surface area contributed by atoms with Crippen LogP contribution in [0.5, 0.6) is 0 Å². The molecule has 2 aromatic heterocycles. The van der Waals surface area contributed by atoms with E-state index in [0.29, 0.717) is 0 Å². The molecule has 5 nitrogen and oxygen atoms in total. The fraction of sp³-hybridized carbons (Fsp3) is 0.333. The van der Waals surface area contributed by atoms with E-state index < -0.39 is 12.0 Å². The number of nitrogens with zero attached hydrogens (tertiary/aromatic N) is 2. The second-order valence-corrected chi connectivity index (χ2v) is 4.22. The van der Waals surface area contributed by atoms with Gasteiger partial charge in [0, 0.05) is 23.7 Å². The molecule has 0 saturated carbocycles. The third kappa shape index (κ3) is 1.73. The molecule has 80 valence electrons. The first-order valence-corrected chi connectivity index (χ1v) is 5.37. The summed E-state index contributed by atoms with van der Waals surface area (Å²) >= 11 is 1.52. The summed E-state index contributed by atoms with van der Waals surface area (Å²) in [6, 6.07) is -0.881. The molecule has 2 aromatic rings. The normalized spacial score (nSPS) is 13.2. The molecule has 0 aliphatic heterocycles. The van der Waals surface area contributed by atoms with Crippen LogP contribution in [0.3, 0.4) is 0 Å². The number of nitrogens with two attached hydrogens (primary N) is 1. The summed E-state index contributed by atoms with van der Waals surface area (Å²) in [6.07, 6.45) is 2.19. The first-order chi connectivity index (χ1) is 7.09. The molecule has 1 atom stereocenters. The van der Waals surface area contributed by atoms with Crippen molar-refractivity contribution in [2.24, 2.45) is 5.73 Å². The van der Waals surface area contributed by atoms with Crippen LogP contribution in [0.25, 0.3) is 4.96 Å². The highest BCUT2D eigenvalue weighted by Crippen LogP contribution is 2.17. The summed E-state index contributed by atoms with van der Waals surface area (Å²) in [4.78, 5) is 15.8. The standard InChI is InChI=1S/C9H11N3O2S/c1-5-7(4-6(10)8(13)14)11-9-12(5)2-3-15-9/h2-3,6H,4,10H2,1H3,(H,13,14). The van der Waals surface area contributed by atoms with E-state index in [1.54, 1.807) is 0 Å². The lowest BCUT2D eigenvalue weighted by Crippen LogP contribution is -2.32. The minimum Gasteiger partial charge on any atom is -0.480 e. The van der Waals surface area contributed by atoms with E-state index in [1.165, 1.54) is 11.3 Å². The van der Waals surface area contributed by atoms with Gasteiger partial charge in [0.15, 0.2) is 4.96 Å². The van der Waals surface area contributed by atoms with E-state index in [9.17, 15) is 4.79 Å². The van der Waals surface area contributed by atoms with E-state index in [2.05, 4.69) is 4.98 Å². The largest absolute Gasteiger partial charge is 0.480 e. The molecule has 0 bridgehead atoms. The van der Waals surface area contributed by atoms with Crippen molar-refractivity contribution in [3.05, 3.63) is 23.0 Å². The Morgan fingerprint density at radius 2 is 2.53 bits per heavy atom. The van der Waals surface area contributed by atoms with Gasteiger partial charge in [-0.2, -0.15) is 0 Å². The number of rotatable bonds is 3. The summed E-state index contributed by atoms with van der Waals surface area (Å²) in [6.45, 7) is 1.91. The Bertz CT molecular complexity index is 502. The molecule has 15 heavy (non-hydrogen) atoms. The number of imidazole rings is 1. The fourth-order valence-corrected chi connectivity index (χ4v) is 2.21. The Kier molecular flexibility index (Phi) is 2.45. The van der Waals surface area contributed by atoms with Gasteiger partial charge >= 0.3 is 5.97 Å². The van der Waals surface area contributed by atoms with Crippen LogP contribution in [0.4, 0.5) is 0 Å². The van der Waals surface area contributed by atoms with Gasteiger partial charge in [-0.15, -0.1) is 11.3 Å². The van der Waals surface area contributed by atoms with Crippen molar-refractivity contribution in [2.75, 3.05) is 0 Å². The van der Waals surface area contributed by atoms with Crippen molar-refractivity contribution in [3.8, 4) is 0 Å². The lowest BCUT2D eigenvalue weighted by molar-refractivity contribution is -0.138. The molecule has 6 heteroatoms. The van der Waals surface area contributed by atoms with Crippen molar-refractivity contribution < 1.29 is 9.90 Å². The molecule has 0 saturated heterocycles. The summed E-state index contributed by atoms with van der Waals surface area (Å²) in [5.41, 5.74) is 7.18. The summed E-state index contributed by atoms with van der Waals surface area (Å²) in [7, 11) is 0. The first kappa shape index (κ1) is 10.1. The number of carbonyl (C=O) groups is 1. The molecule has 0 radical (unpaired) electrons. The van der Waals surface area contributed by atoms with E-state index in [1.807, 2.05) is 22.9 Å². The number of carboxylic acid groups (broad SMARTS) is 1. The second kappa shape index (κ2) is 3.63. The molecule has 2 heterocycles. The highest BCUT2D eigenvalue weighted by atomic mass is 32.1. The van der Waals surface area contributed by atoms with Gasteiger partial charge in [0.2, 0.25) is 0 Å². The maximum absolute atomic E-state index is 10.6. The molecular weight excluding hydrogens is 214 g/mol. The van der Waals surface area contributed by atoms with Gasteiger partial charge in [-0.1, -0.05) is 0 Å². The Labute approximate surface area is 90.2 Å². The topological polar surface area (TPSA) is 80.6 Å². The quantitative estimate of drug-likeness (QED) is 0.804. The second-order valence-electron chi connectivity index (χ2n) is 3.35. The average molecular weight is 225 g/mol. The number of aromatic nitrogens is 2. The van der Waals surface area contributed by atoms with Gasteiger partial charge in [0.1, 0.15) is 6.04 Å². The third-order valence-electron chi connectivity index (χ3n) is 2.33. The van der Waals surface area contributed by atoms with Crippen LogP contribution in [0.2, 0.25) is 0 Å². The van der Waals surface area contributed by atoms with Gasteiger partial charge in [0.05, 0.1) is 5.69 Å². The predicted molar refractivity (Wildman–Crippen MR) is 57.1 cm³/mol. The van der Waals surface area contributed by atoms with E-state index in [-0.39, 0.29) is 6.42 Å². The van der Waals surface area contributed by atoms with Crippen molar-refractivity contribution in [3.63, 3.8) is 0 Å². The zero-order valence-corrected chi connectivity index (χ0v) is 8.99. The van der Waals surface area contributed by atoms with E-state index in [4.69, 9.17) is 10.8 Å². The van der Waals surface area contributed by atoms with Crippen LogP contribution in [-0.4, -0.2) is 26.5 Å². The molecule has 0 fully saturated rings. The van der Waals surface area contributed by atoms with Gasteiger partial charge in [0.25, 0.3) is 0 Å². The number of thiazole rings is 1. The van der Waals surface area contributed by atoms with E-state index >= 15 is 0 Å². The molecular formula is C9H11N3O2S. The van der Waals surface area contributed by atoms with Crippen LogP contribution in [0.1, 0.15) is 11.4 Å². The smallest absolute Gasteiger partial charge is 0.320 e. The zero-order valence-electron chi connectivity index (χ0n) is 8.17. The average Bonchev–Trinajstić information content (AvgIpc) is 2.71. The van der Waals surface area contributed by atoms with Crippen molar-refractivity contribution in [1.29, 1.82) is 0 Å². The minimum absolute atomic E-state index is 0.273. The number of fused-ring (bicyclic) bond motifs is 1. The molecule has 0 spiro atoms. The lowest BCUT2D eigenvalue weighted by Gasteiger charge is -2.03. The Balaban J connectivity index is 2.32. The number of aliphatic carboxylic acids is 1. The summed E-state index contributed by atoms with van der Waals surface area (Å²) in [5, 5.41) is 10.6. The van der Waals surface area contributed by atoms with Crippen LogP contribution >= 0.6 is 11.3 Å². The number of aryl methyl sites for hydroxylation is 1. The Morgan fingerprint density at radius 1 is 1.80 bits per heavy atom. The fourth-order valence-electron chi connectivity index (χ4n) is 1.43. The van der Waals surface area contributed by atoms with E-state index in [0.717, 1.165) is 16.3 Å². The Hall–Kier alpha value is -1.40. The maximum Gasteiger partial charge on any atom is 0.320 e. The summed E-state index contributed by atoms with van der Waals surface area (Å²) in [5.74, 6) is -0.995. The highest BCUT2D eigenvalue weighted by molar-refractivity contribution is 7.15. The Morgan fingerprint density at radius 3 is 3.13 bits per heavy atom. The number of hydrogen-bond acceptors (Lipinski definition) is 4. The van der Waals surface area contributed by atoms with Crippen LogP contribution in [0.15, 0.2) is 11.6 Å². The lowest BCUT2D eigenvalue weighted by atomic mass is 10.1. The van der Waals surface area contributed by atoms with Crippen molar-refractivity contribution >= 4 is 22.3 Å². The maximum atomic E-state index is 10.6. The molecule has 0 aliphatic rings. The first-order valence-electron chi connectivity index (χ1n) is 4.49. The van der Waals surface area contributed by atoms with Crippen molar-refractivity contribution in [1.82, 2.24) is 9.38 Å². The van der Waals surface area contributed by atoms with Gasteiger partial charge in [-0.05, 0) is 6.92 Å². The highest BCUT2D eigenvalue weighted by Gasteiger charge is 2.17. The third-order valence-corrected chi connectivity index (χ3v) is 3.09. The molecule has 3 N–H and O–H groups in total. The zero-order chi connectivity index (χ0) is 11.0. The molecule has 0 aromatic carbocycles. The van der Waals surface area contributed by atoms with Crippen LogP contribution < -0.4 is 5.73 Å². The molecule has 1 unspecified atom stereocenters. The van der Waals surface area contributed by atoms with Gasteiger partial charge in [-0.3, -0.25) is 9.20 Å². The summed E-state index contributed by atoms with van der Waals surface area (Å²) < 4.78 is 1.94. The van der Waals surface area contributed by atoms with Crippen molar-refractivity contribution in [2.45, 2.75) is 19.4 Å². The van der Waals surface area contributed by atoms with Crippen LogP contribution in [-0.2, 0) is 11.2 Å². The van der Waals surface area contributed by atoms with Gasteiger partial charge in [-0.25, -0.2) is 4.98 Å². The molecule has 0 aliphatic carbocycles. The molecule has 2 rings (SSSR count). The SMILES string of the molecule is Cc1c(CC(N)C(=O)O)nc2sccn12. The van der Waals surface area contributed by atoms with Crippen LogP contribution in [0, 0.1) is 6.92 Å².